The summed E-state index contributed by atoms with van der Waals surface area (Å²) < 4.78 is 0.967. The lowest BCUT2D eigenvalue weighted by Gasteiger charge is -2.00. The molecule has 1 amide bonds. The van der Waals surface area contributed by atoms with Gasteiger partial charge in [-0.3, -0.25) is 4.79 Å². The Balaban J connectivity index is 2.02. The van der Waals surface area contributed by atoms with E-state index in [2.05, 4.69) is 26.2 Å². The van der Waals surface area contributed by atoms with Crippen molar-refractivity contribution in [2.45, 2.75) is 13.0 Å². The van der Waals surface area contributed by atoms with Crippen LogP contribution in [-0.2, 0) is 17.8 Å². The van der Waals surface area contributed by atoms with Gasteiger partial charge in [-0.25, -0.2) is 4.98 Å². The van der Waals surface area contributed by atoms with Gasteiger partial charge in [-0.05, 0) is 39.7 Å². The molecule has 0 saturated carbocycles. The van der Waals surface area contributed by atoms with Gasteiger partial charge < -0.3 is 11.1 Å². The molecule has 0 atom stereocenters. The average Bonchev–Trinajstić information content (AvgIpc) is 2.89. The Morgan fingerprint density at radius 3 is 3.06 bits per heavy atom. The number of aromatic nitrogens is 1. The molecule has 2 heterocycles. The number of fused-ring (bicyclic) bond motifs is 1. The maximum atomic E-state index is 11.3. The molecular formula is C12H10BrN3OS. The molecule has 1 aliphatic heterocycles. The maximum absolute atomic E-state index is 11.3. The maximum Gasteiger partial charge on any atom is 0.228 e. The van der Waals surface area contributed by atoms with Crippen molar-refractivity contribution in [1.29, 1.82) is 0 Å². The third kappa shape index (κ3) is 1.96. The fraction of sp³-hybridized carbons (Fsp3) is 0.167. The summed E-state index contributed by atoms with van der Waals surface area (Å²) in [4.78, 5) is 15.8. The van der Waals surface area contributed by atoms with Crippen molar-refractivity contribution in [1.82, 2.24) is 4.98 Å². The zero-order valence-corrected chi connectivity index (χ0v) is 11.8. The summed E-state index contributed by atoms with van der Waals surface area (Å²) in [6, 6.07) is 5.90. The molecule has 1 aromatic carbocycles. The minimum atomic E-state index is 0.0464. The second-order valence-electron chi connectivity index (χ2n) is 4.04. The topological polar surface area (TPSA) is 68.0 Å². The molecule has 0 radical (unpaired) electrons. The van der Waals surface area contributed by atoms with Crippen molar-refractivity contribution >= 4 is 38.9 Å². The first-order valence-corrected chi connectivity index (χ1v) is 7.07. The smallest absolute Gasteiger partial charge is 0.228 e. The number of nitrogens with zero attached hydrogens (tertiary/aromatic N) is 1. The second-order valence-corrected chi connectivity index (χ2v) is 6.36. The van der Waals surface area contributed by atoms with Gasteiger partial charge in [0.05, 0.1) is 15.9 Å². The fourth-order valence-electron chi connectivity index (χ4n) is 1.94. The van der Waals surface area contributed by atoms with E-state index in [0.29, 0.717) is 13.0 Å². The number of nitrogens with one attached hydrogen (secondary N) is 1. The lowest BCUT2D eigenvalue weighted by atomic mass is 10.1. The number of carbonyl (C=O) groups excluding carboxylic acids is 1. The average molecular weight is 324 g/mol. The summed E-state index contributed by atoms with van der Waals surface area (Å²) in [6.45, 7) is 0.419. The van der Waals surface area contributed by atoms with E-state index in [-0.39, 0.29) is 5.91 Å². The second kappa shape index (κ2) is 4.46. The van der Waals surface area contributed by atoms with Crippen molar-refractivity contribution in [3.8, 4) is 10.6 Å². The van der Waals surface area contributed by atoms with Crippen LogP contribution in [0.4, 0.5) is 5.69 Å². The number of halogens is 1. The first-order chi connectivity index (χ1) is 8.67. The van der Waals surface area contributed by atoms with Crippen molar-refractivity contribution in [2.75, 3.05) is 5.32 Å². The number of rotatable bonds is 2. The van der Waals surface area contributed by atoms with Gasteiger partial charge >= 0.3 is 0 Å². The van der Waals surface area contributed by atoms with Crippen molar-refractivity contribution in [2.24, 2.45) is 5.73 Å². The van der Waals surface area contributed by atoms with Gasteiger partial charge in [0.2, 0.25) is 5.91 Å². The van der Waals surface area contributed by atoms with Gasteiger partial charge in [0.1, 0.15) is 5.01 Å². The first-order valence-electron chi connectivity index (χ1n) is 5.46. The molecule has 0 aliphatic carbocycles. The van der Waals surface area contributed by atoms with Crippen molar-refractivity contribution in [3.05, 3.63) is 33.2 Å². The van der Waals surface area contributed by atoms with Crippen LogP contribution in [0.3, 0.4) is 0 Å². The van der Waals surface area contributed by atoms with E-state index >= 15 is 0 Å². The highest BCUT2D eigenvalue weighted by Gasteiger charge is 2.19. The van der Waals surface area contributed by atoms with Gasteiger partial charge in [-0.15, -0.1) is 11.3 Å². The number of thiazole rings is 1. The fourth-order valence-corrected chi connectivity index (χ4v) is 3.47. The number of hydrogen-bond acceptors (Lipinski definition) is 4. The minimum absolute atomic E-state index is 0.0464. The number of nitrogens with two attached hydrogens (primary N) is 1. The van der Waals surface area contributed by atoms with E-state index in [9.17, 15) is 4.79 Å². The van der Waals surface area contributed by atoms with Crippen LogP contribution >= 0.6 is 27.3 Å². The largest absolute Gasteiger partial charge is 0.326 e. The number of amides is 1. The van der Waals surface area contributed by atoms with E-state index in [1.54, 1.807) is 11.3 Å². The number of anilines is 1. The molecule has 3 N–H and O–H groups in total. The number of hydrogen-bond donors (Lipinski definition) is 2. The quantitative estimate of drug-likeness (QED) is 0.892. The summed E-state index contributed by atoms with van der Waals surface area (Å²) in [5, 5.41) is 3.74. The molecule has 3 rings (SSSR count). The van der Waals surface area contributed by atoms with Crippen LogP contribution in [0.15, 0.2) is 22.0 Å². The standard InChI is InChI=1S/C12H10BrN3OS/c13-11-9(5-14)16-12(18-11)6-1-2-8-7(3-6)4-10(17)15-8/h1-3H,4-5,14H2,(H,15,17). The molecule has 0 spiro atoms. The van der Waals surface area contributed by atoms with Crippen molar-refractivity contribution in [3.63, 3.8) is 0 Å². The Labute approximate surface area is 116 Å². The monoisotopic (exact) mass is 323 g/mol. The van der Waals surface area contributed by atoms with Crippen LogP contribution in [0.1, 0.15) is 11.3 Å². The Hall–Kier alpha value is -1.24. The van der Waals surface area contributed by atoms with Gasteiger partial charge in [-0.1, -0.05) is 0 Å². The molecule has 4 nitrogen and oxygen atoms in total. The molecule has 18 heavy (non-hydrogen) atoms. The van der Waals surface area contributed by atoms with Gasteiger partial charge in [0.15, 0.2) is 0 Å². The Morgan fingerprint density at radius 1 is 1.50 bits per heavy atom. The zero-order chi connectivity index (χ0) is 12.7. The van der Waals surface area contributed by atoms with Crippen LogP contribution < -0.4 is 11.1 Å². The van der Waals surface area contributed by atoms with Crippen LogP contribution in [0.5, 0.6) is 0 Å². The SMILES string of the molecule is NCc1nc(-c2ccc3c(c2)CC(=O)N3)sc1Br. The predicted octanol–water partition coefficient (Wildman–Crippen LogP) is 2.53. The van der Waals surface area contributed by atoms with Crippen LogP contribution in [-0.4, -0.2) is 10.9 Å². The molecule has 92 valence electrons. The first kappa shape index (κ1) is 11.8. The molecule has 0 saturated heterocycles. The summed E-state index contributed by atoms with van der Waals surface area (Å²) in [5.74, 6) is 0.0464. The molecule has 0 unspecified atom stereocenters. The lowest BCUT2D eigenvalue weighted by Crippen LogP contribution is -2.03. The molecule has 2 aromatic rings. The third-order valence-corrected chi connectivity index (χ3v) is 4.70. The molecule has 0 bridgehead atoms. The molecule has 0 fully saturated rings. The van der Waals surface area contributed by atoms with Gasteiger partial charge in [0.25, 0.3) is 0 Å². The highest BCUT2D eigenvalue weighted by Crippen LogP contribution is 2.34. The van der Waals surface area contributed by atoms with Crippen LogP contribution in [0.25, 0.3) is 10.6 Å². The molecular weight excluding hydrogens is 314 g/mol. The Kier molecular flexibility index (Phi) is 2.93. The van der Waals surface area contributed by atoms with Crippen LogP contribution in [0.2, 0.25) is 0 Å². The van der Waals surface area contributed by atoms with E-state index in [1.807, 2.05) is 18.2 Å². The third-order valence-electron chi connectivity index (χ3n) is 2.82. The highest BCUT2D eigenvalue weighted by atomic mass is 79.9. The number of benzene rings is 1. The summed E-state index contributed by atoms with van der Waals surface area (Å²) in [7, 11) is 0. The Morgan fingerprint density at radius 2 is 2.33 bits per heavy atom. The zero-order valence-electron chi connectivity index (χ0n) is 9.37. The van der Waals surface area contributed by atoms with E-state index in [0.717, 1.165) is 31.3 Å². The highest BCUT2D eigenvalue weighted by molar-refractivity contribution is 9.11. The molecule has 1 aromatic heterocycles. The van der Waals surface area contributed by atoms with Gasteiger partial charge in [-0.2, -0.15) is 0 Å². The number of carbonyl (C=O) groups is 1. The van der Waals surface area contributed by atoms with E-state index < -0.39 is 0 Å². The van der Waals surface area contributed by atoms with Gasteiger partial charge in [0, 0.05) is 17.8 Å². The summed E-state index contributed by atoms with van der Waals surface area (Å²) in [6.07, 6.45) is 0.444. The minimum Gasteiger partial charge on any atom is -0.326 e. The predicted molar refractivity (Wildman–Crippen MR) is 75.5 cm³/mol. The van der Waals surface area contributed by atoms with Crippen LogP contribution in [0, 0.1) is 0 Å². The normalized spacial score (nSPS) is 13.6. The molecule has 1 aliphatic rings. The lowest BCUT2D eigenvalue weighted by molar-refractivity contribution is -0.115. The summed E-state index contributed by atoms with van der Waals surface area (Å²) in [5.41, 5.74) is 9.43. The molecule has 6 heteroatoms. The summed E-state index contributed by atoms with van der Waals surface area (Å²) >= 11 is 5.01. The van der Waals surface area contributed by atoms with E-state index in [1.165, 1.54) is 0 Å². The van der Waals surface area contributed by atoms with Crippen molar-refractivity contribution < 1.29 is 4.79 Å². The van der Waals surface area contributed by atoms with E-state index in [4.69, 9.17) is 5.73 Å². The Bertz CT molecular complexity index is 638.